The van der Waals surface area contributed by atoms with Crippen molar-refractivity contribution in [2.24, 2.45) is 0 Å². The number of pyridine rings is 1. The van der Waals surface area contributed by atoms with Gasteiger partial charge in [0.05, 0.1) is 5.69 Å². The third kappa shape index (κ3) is 1.51. The molecular weight excluding hydrogens is 230 g/mol. The van der Waals surface area contributed by atoms with Crippen molar-refractivity contribution in [1.82, 2.24) is 4.98 Å². The van der Waals surface area contributed by atoms with Crippen LogP contribution < -0.4 is 0 Å². The Kier molecular flexibility index (Phi) is 2.16. The number of hydrogen-bond donors (Lipinski definition) is 1. The van der Waals surface area contributed by atoms with Crippen LogP contribution in [0.5, 0.6) is 0 Å². The zero-order valence-electron chi connectivity index (χ0n) is 7.55. The molecule has 1 fully saturated rings. The van der Waals surface area contributed by atoms with Gasteiger partial charge in [0.25, 0.3) is 0 Å². The van der Waals surface area contributed by atoms with Crippen molar-refractivity contribution in [2.45, 2.75) is 31.8 Å². The summed E-state index contributed by atoms with van der Waals surface area (Å²) in [7, 11) is 0. The number of aliphatic hydroxyl groups is 1. The maximum absolute atomic E-state index is 10.0. The van der Waals surface area contributed by atoms with Gasteiger partial charge in [-0.05, 0) is 53.7 Å². The second-order valence-corrected chi connectivity index (χ2v) is 4.56. The largest absolute Gasteiger partial charge is 0.384 e. The summed E-state index contributed by atoms with van der Waals surface area (Å²) in [6, 6.07) is 1.96. The molecule has 3 heteroatoms. The summed E-state index contributed by atoms with van der Waals surface area (Å²) >= 11 is 3.39. The number of hydrogen-bond acceptors (Lipinski definition) is 2. The van der Waals surface area contributed by atoms with E-state index in [1.165, 1.54) is 0 Å². The molecule has 1 aromatic heterocycles. The molecule has 1 N–H and O–H groups in total. The highest BCUT2D eigenvalue weighted by Gasteiger charge is 2.37. The highest BCUT2D eigenvalue weighted by Crippen LogP contribution is 2.40. The first kappa shape index (κ1) is 9.16. The predicted molar refractivity (Wildman–Crippen MR) is 54.4 cm³/mol. The molecule has 2 rings (SSSR count). The van der Waals surface area contributed by atoms with Crippen LogP contribution in [0.25, 0.3) is 0 Å². The van der Waals surface area contributed by atoms with E-state index in [0.29, 0.717) is 0 Å². The Morgan fingerprint density at radius 1 is 1.54 bits per heavy atom. The van der Waals surface area contributed by atoms with Crippen molar-refractivity contribution in [3.8, 4) is 0 Å². The summed E-state index contributed by atoms with van der Waals surface area (Å²) in [6.45, 7) is 2.01. The first-order valence-electron chi connectivity index (χ1n) is 4.47. The van der Waals surface area contributed by atoms with E-state index in [1.54, 1.807) is 6.20 Å². The second kappa shape index (κ2) is 3.07. The highest BCUT2D eigenvalue weighted by atomic mass is 79.9. The monoisotopic (exact) mass is 241 g/mol. The number of aryl methyl sites for hydroxylation is 1. The Morgan fingerprint density at radius 3 is 2.69 bits per heavy atom. The quantitative estimate of drug-likeness (QED) is 0.820. The van der Waals surface area contributed by atoms with Gasteiger partial charge in [0.1, 0.15) is 5.60 Å². The zero-order chi connectivity index (χ0) is 9.47. The van der Waals surface area contributed by atoms with Crippen LogP contribution in [0.15, 0.2) is 16.7 Å². The lowest BCUT2D eigenvalue weighted by Crippen LogP contribution is -2.34. The summed E-state index contributed by atoms with van der Waals surface area (Å²) in [4.78, 5) is 4.24. The molecule has 0 radical (unpaired) electrons. The maximum Gasteiger partial charge on any atom is 0.106 e. The van der Waals surface area contributed by atoms with E-state index in [9.17, 15) is 5.11 Å². The van der Waals surface area contributed by atoms with Gasteiger partial charge in [-0.2, -0.15) is 0 Å². The van der Waals surface area contributed by atoms with Crippen LogP contribution in [0.1, 0.15) is 30.5 Å². The van der Waals surface area contributed by atoms with Gasteiger partial charge < -0.3 is 5.11 Å². The molecule has 2 nitrogen and oxygen atoms in total. The SMILES string of the molecule is Cc1cc(C2(O)CCC2)ncc1Br. The van der Waals surface area contributed by atoms with Crippen LogP contribution in [0.3, 0.4) is 0 Å². The first-order valence-corrected chi connectivity index (χ1v) is 5.26. The number of halogens is 1. The molecule has 1 aromatic rings. The lowest BCUT2D eigenvalue weighted by molar-refractivity contribution is -0.0426. The fraction of sp³-hybridized carbons (Fsp3) is 0.500. The van der Waals surface area contributed by atoms with Gasteiger partial charge >= 0.3 is 0 Å². The topological polar surface area (TPSA) is 33.1 Å². The Labute approximate surface area is 86.1 Å². The molecule has 0 bridgehead atoms. The van der Waals surface area contributed by atoms with Gasteiger partial charge in [-0.15, -0.1) is 0 Å². The predicted octanol–water partition coefficient (Wildman–Crippen LogP) is 2.52. The minimum Gasteiger partial charge on any atom is -0.384 e. The molecule has 13 heavy (non-hydrogen) atoms. The van der Waals surface area contributed by atoms with Gasteiger partial charge in [0.2, 0.25) is 0 Å². The standard InChI is InChI=1S/C10H12BrNO/c1-7-5-9(12-6-8(7)11)10(13)3-2-4-10/h5-6,13H,2-4H2,1H3. The van der Waals surface area contributed by atoms with Crippen molar-refractivity contribution in [3.63, 3.8) is 0 Å². The maximum atomic E-state index is 10.0. The Morgan fingerprint density at radius 2 is 2.23 bits per heavy atom. The zero-order valence-corrected chi connectivity index (χ0v) is 9.13. The average molecular weight is 242 g/mol. The van der Waals surface area contributed by atoms with E-state index in [1.807, 2.05) is 13.0 Å². The Hall–Kier alpha value is -0.410. The lowest BCUT2D eigenvalue weighted by atomic mass is 9.77. The Bertz CT molecular complexity index is 334. The van der Waals surface area contributed by atoms with Gasteiger partial charge in [0.15, 0.2) is 0 Å². The van der Waals surface area contributed by atoms with Crippen LogP contribution in [-0.2, 0) is 5.60 Å². The van der Waals surface area contributed by atoms with Crippen molar-refractivity contribution >= 4 is 15.9 Å². The average Bonchev–Trinajstić information content (AvgIpc) is 2.06. The molecule has 1 aliphatic rings. The normalized spacial score (nSPS) is 19.6. The first-order chi connectivity index (χ1) is 6.12. The molecule has 1 heterocycles. The molecule has 0 amide bonds. The summed E-state index contributed by atoms with van der Waals surface area (Å²) in [5, 5.41) is 10.0. The van der Waals surface area contributed by atoms with E-state index in [-0.39, 0.29) is 0 Å². The second-order valence-electron chi connectivity index (χ2n) is 3.70. The lowest BCUT2D eigenvalue weighted by Gasteiger charge is -2.36. The van der Waals surface area contributed by atoms with E-state index in [4.69, 9.17) is 0 Å². The number of aromatic nitrogens is 1. The molecule has 1 aliphatic carbocycles. The smallest absolute Gasteiger partial charge is 0.106 e. The highest BCUT2D eigenvalue weighted by molar-refractivity contribution is 9.10. The van der Waals surface area contributed by atoms with Crippen molar-refractivity contribution < 1.29 is 5.11 Å². The van der Waals surface area contributed by atoms with Crippen LogP contribution in [0.4, 0.5) is 0 Å². The molecule has 0 aromatic carbocycles. The van der Waals surface area contributed by atoms with Crippen LogP contribution in [0.2, 0.25) is 0 Å². The van der Waals surface area contributed by atoms with Crippen molar-refractivity contribution in [3.05, 3.63) is 28.0 Å². The molecule has 1 saturated carbocycles. The minimum atomic E-state index is -0.633. The molecule has 0 atom stereocenters. The van der Waals surface area contributed by atoms with Crippen molar-refractivity contribution in [1.29, 1.82) is 0 Å². The molecule has 0 spiro atoms. The molecular formula is C10H12BrNO. The van der Waals surface area contributed by atoms with E-state index in [0.717, 1.165) is 35.0 Å². The van der Waals surface area contributed by atoms with E-state index in [2.05, 4.69) is 20.9 Å². The van der Waals surface area contributed by atoms with Crippen molar-refractivity contribution in [2.75, 3.05) is 0 Å². The molecule has 0 aliphatic heterocycles. The summed E-state index contributed by atoms with van der Waals surface area (Å²) in [6.07, 6.45) is 4.57. The Balaban J connectivity index is 2.36. The minimum absolute atomic E-state index is 0.633. The fourth-order valence-electron chi connectivity index (χ4n) is 1.56. The fourth-order valence-corrected chi connectivity index (χ4v) is 1.78. The number of nitrogens with zero attached hydrogens (tertiary/aromatic N) is 1. The third-order valence-corrected chi connectivity index (χ3v) is 3.53. The van der Waals surface area contributed by atoms with Crippen LogP contribution in [0, 0.1) is 6.92 Å². The van der Waals surface area contributed by atoms with Gasteiger partial charge in [-0.1, -0.05) is 0 Å². The summed E-state index contributed by atoms with van der Waals surface area (Å²) in [5.74, 6) is 0. The third-order valence-electron chi connectivity index (χ3n) is 2.70. The molecule has 0 saturated heterocycles. The van der Waals surface area contributed by atoms with Crippen LogP contribution >= 0.6 is 15.9 Å². The number of rotatable bonds is 1. The molecule has 70 valence electrons. The summed E-state index contributed by atoms with van der Waals surface area (Å²) in [5.41, 5.74) is 1.32. The summed E-state index contributed by atoms with van der Waals surface area (Å²) < 4.78 is 0.999. The van der Waals surface area contributed by atoms with Gasteiger partial charge in [-0.25, -0.2) is 0 Å². The van der Waals surface area contributed by atoms with Gasteiger partial charge in [0, 0.05) is 10.7 Å². The van der Waals surface area contributed by atoms with Gasteiger partial charge in [-0.3, -0.25) is 4.98 Å². The van der Waals surface area contributed by atoms with Crippen LogP contribution in [-0.4, -0.2) is 10.1 Å². The van der Waals surface area contributed by atoms with E-state index < -0.39 is 5.60 Å². The van der Waals surface area contributed by atoms with E-state index >= 15 is 0 Å². The molecule has 0 unspecified atom stereocenters.